The molecule has 1 amide bonds. The molecule has 0 radical (unpaired) electrons. The maximum Gasteiger partial charge on any atom is 0.246 e. The normalized spacial score (nSPS) is 11.5. The van der Waals surface area contributed by atoms with E-state index in [-0.39, 0.29) is 10.8 Å². The number of nitrogens with zero attached hydrogens (tertiary/aromatic N) is 1. The van der Waals surface area contributed by atoms with Crippen molar-refractivity contribution in [1.82, 2.24) is 9.62 Å². The summed E-state index contributed by atoms with van der Waals surface area (Å²) in [4.78, 5) is 15.0. The monoisotopic (exact) mass is 434 g/mol. The minimum absolute atomic E-state index is 0.0910. The van der Waals surface area contributed by atoms with E-state index < -0.39 is 10.0 Å². The van der Waals surface area contributed by atoms with E-state index in [1.807, 2.05) is 53.4 Å². The van der Waals surface area contributed by atoms with Gasteiger partial charge in [0.2, 0.25) is 15.9 Å². The summed E-state index contributed by atoms with van der Waals surface area (Å²) in [6.45, 7) is 1.12. The highest BCUT2D eigenvalue weighted by Gasteiger charge is 2.12. The van der Waals surface area contributed by atoms with Crippen molar-refractivity contribution in [3.8, 4) is 0 Å². The van der Waals surface area contributed by atoms with Gasteiger partial charge in [-0.1, -0.05) is 72.8 Å². The Labute approximate surface area is 184 Å². The molecule has 3 rings (SSSR count). The first-order chi connectivity index (χ1) is 15.0. The molecule has 0 bridgehead atoms. The number of hydrogen-bond donors (Lipinski definition) is 1. The molecule has 3 aromatic carbocycles. The van der Waals surface area contributed by atoms with Crippen LogP contribution < -0.4 is 4.72 Å². The fourth-order valence-corrected chi connectivity index (χ4v) is 3.86. The third-order valence-electron chi connectivity index (χ3n) is 4.92. The summed E-state index contributed by atoms with van der Waals surface area (Å²) in [6, 6.07) is 26.4. The third kappa shape index (κ3) is 6.64. The second kappa shape index (κ2) is 10.7. The SMILES string of the molecule is CNS(=O)(=O)c1ccc(/C=C/C(=O)N(CCc2ccccc2)Cc2ccccc2)cc1. The highest BCUT2D eigenvalue weighted by atomic mass is 32.2. The van der Waals surface area contributed by atoms with E-state index in [1.54, 1.807) is 18.2 Å². The van der Waals surface area contributed by atoms with Crippen LogP contribution in [0, 0.1) is 0 Å². The minimum atomic E-state index is -3.48. The molecule has 0 aromatic heterocycles. The Balaban J connectivity index is 1.72. The van der Waals surface area contributed by atoms with Crippen molar-refractivity contribution in [2.45, 2.75) is 17.9 Å². The van der Waals surface area contributed by atoms with Crippen LogP contribution in [-0.4, -0.2) is 32.8 Å². The van der Waals surface area contributed by atoms with Gasteiger partial charge in [-0.3, -0.25) is 4.79 Å². The highest BCUT2D eigenvalue weighted by Crippen LogP contribution is 2.13. The first-order valence-electron chi connectivity index (χ1n) is 10.1. The fourth-order valence-electron chi connectivity index (χ4n) is 3.13. The molecule has 160 valence electrons. The molecule has 1 N–H and O–H groups in total. The Bertz CT molecular complexity index is 1110. The lowest BCUT2D eigenvalue weighted by molar-refractivity contribution is -0.126. The molecule has 0 aliphatic heterocycles. The van der Waals surface area contributed by atoms with E-state index in [0.717, 1.165) is 17.5 Å². The molecule has 0 saturated heterocycles. The second-order valence-electron chi connectivity index (χ2n) is 7.09. The Hall–Kier alpha value is -3.22. The summed E-state index contributed by atoms with van der Waals surface area (Å²) in [5.74, 6) is -0.0910. The Kier molecular flexibility index (Phi) is 7.76. The highest BCUT2D eigenvalue weighted by molar-refractivity contribution is 7.89. The molecule has 5 nitrogen and oxygen atoms in total. The molecule has 0 spiro atoms. The van der Waals surface area contributed by atoms with E-state index >= 15 is 0 Å². The first-order valence-corrected chi connectivity index (χ1v) is 11.5. The zero-order valence-corrected chi connectivity index (χ0v) is 18.3. The molecule has 0 aliphatic carbocycles. The van der Waals surface area contributed by atoms with Crippen molar-refractivity contribution < 1.29 is 13.2 Å². The zero-order chi connectivity index (χ0) is 22.1. The van der Waals surface area contributed by atoms with Crippen LogP contribution in [0.1, 0.15) is 16.7 Å². The maximum absolute atomic E-state index is 12.9. The average molecular weight is 435 g/mol. The van der Waals surface area contributed by atoms with Crippen molar-refractivity contribution in [1.29, 1.82) is 0 Å². The van der Waals surface area contributed by atoms with Gasteiger partial charge in [0.1, 0.15) is 0 Å². The number of rotatable bonds is 9. The number of carbonyl (C=O) groups is 1. The largest absolute Gasteiger partial charge is 0.335 e. The van der Waals surface area contributed by atoms with Gasteiger partial charge in [-0.05, 0) is 48.4 Å². The predicted octanol–water partition coefficient (Wildman–Crippen LogP) is 3.88. The van der Waals surface area contributed by atoms with Gasteiger partial charge in [0.25, 0.3) is 0 Å². The van der Waals surface area contributed by atoms with Crippen molar-refractivity contribution in [2.24, 2.45) is 0 Å². The third-order valence-corrected chi connectivity index (χ3v) is 6.35. The number of benzene rings is 3. The maximum atomic E-state index is 12.9. The molecule has 0 atom stereocenters. The van der Waals surface area contributed by atoms with Crippen molar-refractivity contribution in [3.05, 3.63) is 108 Å². The van der Waals surface area contributed by atoms with Gasteiger partial charge in [0, 0.05) is 19.2 Å². The molecular formula is C25H26N2O3S. The lowest BCUT2D eigenvalue weighted by Crippen LogP contribution is -2.31. The van der Waals surface area contributed by atoms with Crippen molar-refractivity contribution in [3.63, 3.8) is 0 Å². The summed E-state index contributed by atoms with van der Waals surface area (Å²) in [7, 11) is -2.10. The topological polar surface area (TPSA) is 66.5 Å². The molecular weight excluding hydrogens is 408 g/mol. The van der Waals surface area contributed by atoms with Gasteiger partial charge in [-0.15, -0.1) is 0 Å². The van der Waals surface area contributed by atoms with Gasteiger partial charge in [0.05, 0.1) is 4.90 Å². The number of sulfonamides is 1. The number of amides is 1. The van der Waals surface area contributed by atoms with Gasteiger partial charge in [-0.2, -0.15) is 0 Å². The Morgan fingerprint density at radius 2 is 1.45 bits per heavy atom. The molecule has 0 unspecified atom stereocenters. The lowest BCUT2D eigenvalue weighted by atomic mass is 10.1. The summed E-state index contributed by atoms with van der Waals surface area (Å²) >= 11 is 0. The molecule has 0 aliphatic rings. The minimum Gasteiger partial charge on any atom is -0.335 e. The van der Waals surface area contributed by atoms with Crippen LogP contribution in [0.2, 0.25) is 0 Å². The number of carbonyl (C=O) groups excluding carboxylic acids is 1. The predicted molar refractivity (Wildman–Crippen MR) is 124 cm³/mol. The van der Waals surface area contributed by atoms with Crippen LogP contribution in [0.5, 0.6) is 0 Å². The summed E-state index contributed by atoms with van der Waals surface area (Å²) in [5, 5.41) is 0. The Morgan fingerprint density at radius 3 is 2.03 bits per heavy atom. The van der Waals surface area contributed by atoms with Gasteiger partial charge < -0.3 is 4.90 Å². The van der Waals surface area contributed by atoms with Crippen molar-refractivity contribution in [2.75, 3.05) is 13.6 Å². The number of hydrogen-bond acceptors (Lipinski definition) is 3. The first kappa shape index (κ1) is 22.5. The smallest absolute Gasteiger partial charge is 0.246 e. The molecule has 3 aromatic rings. The van der Waals surface area contributed by atoms with Crippen LogP contribution in [0.3, 0.4) is 0 Å². The number of nitrogens with one attached hydrogen (secondary N) is 1. The van der Waals surface area contributed by atoms with Crippen LogP contribution in [-0.2, 0) is 27.8 Å². The van der Waals surface area contributed by atoms with Gasteiger partial charge in [0.15, 0.2) is 0 Å². The molecule has 0 saturated carbocycles. The van der Waals surface area contributed by atoms with Crippen LogP contribution in [0.25, 0.3) is 6.08 Å². The van der Waals surface area contributed by atoms with Gasteiger partial charge >= 0.3 is 0 Å². The summed E-state index contributed by atoms with van der Waals surface area (Å²) in [6.07, 6.45) is 4.01. The Morgan fingerprint density at radius 1 is 0.871 bits per heavy atom. The van der Waals surface area contributed by atoms with E-state index in [4.69, 9.17) is 0 Å². The molecule has 0 heterocycles. The fraction of sp³-hybridized carbons (Fsp3) is 0.160. The van der Waals surface area contributed by atoms with Crippen LogP contribution in [0.4, 0.5) is 0 Å². The van der Waals surface area contributed by atoms with Crippen LogP contribution in [0.15, 0.2) is 95.9 Å². The van der Waals surface area contributed by atoms with E-state index in [9.17, 15) is 13.2 Å². The van der Waals surface area contributed by atoms with E-state index in [0.29, 0.717) is 13.1 Å². The quantitative estimate of drug-likeness (QED) is 0.520. The second-order valence-corrected chi connectivity index (χ2v) is 8.98. The van der Waals surface area contributed by atoms with Gasteiger partial charge in [-0.25, -0.2) is 13.1 Å². The van der Waals surface area contributed by atoms with Crippen LogP contribution >= 0.6 is 0 Å². The van der Waals surface area contributed by atoms with Crippen molar-refractivity contribution >= 4 is 22.0 Å². The summed E-state index contributed by atoms with van der Waals surface area (Å²) < 4.78 is 26.0. The molecule has 0 fully saturated rings. The zero-order valence-electron chi connectivity index (χ0n) is 17.4. The average Bonchev–Trinajstić information content (AvgIpc) is 2.81. The molecule has 31 heavy (non-hydrogen) atoms. The molecule has 6 heteroatoms. The van der Waals surface area contributed by atoms with E-state index in [1.165, 1.54) is 30.8 Å². The lowest BCUT2D eigenvalue weighted by Gasteiger charge is -2.21. The standard InChI is InChI=1S/C25H26N2O3S/c1-26-31(29,30)24-15-12-22(13-16-24)14-17-25(28)27(20-23-10-6-3-7-11-23)19-18-21-8-4-2-5-9-21/h2-17,26H,18-20H2,1H3/b17-14+. The van der Waals surface area contributed by atoms with E-state index in [2.05, 4.69) is 16.9 Å². The summed E-state index contributed by atoms with van der Waals surface area (Å²) in [5.41, 5.74) is 3.00.